The fourth-order valence-electron chi connectivity index (χ4n) is 3.84. The van der Waals surface area contributed by atoms with Gasteiger partial charge in [-0.3, -0.25) is 14.4 Å². The highest BCUT2D eigenvalue weighted by molar-refractivity contribution is 6.33. The molecule has 0 bridgehead atoms. The molecule has 6 N–H and O–H groups in total. The maximum atomic E-state index is 13.4. The molecule has 1 aliphatic rings. The first kappa shape index (κ1) is 22.0. The molecule has 33 heavy (non-hydrogen) atoms. The fourth-order valence-corrected chi connectivity index (χ4v) is 3.84. The second kappa shape index (κ2) is 9.13. The molecule has 3 aromatic rings. The lowest BCUT2D eigenvalue weighted by Crippen LogP contribution is -2.29. The largest absolute Gasteiger partial charge is 0.399 e. The SMILES string of the molecule is COCCCNC(=O)c1cc(Nc2ccc(N)cc2)c2c(c1N)C(=O)c1ccccc1C2=O. The van der Waals surface area contributed by atoms with E-state index >= 15 is 0 Å². The van der Waals surface area contributed by atoms with Crippen molar-refractivity contribution in [2.45, 2.75) is 6.42 Å². The molecule has 8 nitrogen and oxygen atoms in total. The normalized spacial score (nSPS) is 12.2. The predicted octanol–water partition coefficient (Wildman–Crippen LogP) is 3.14. The third kappa shape index (κ3) is 4.16. The third-order valence-corrected chi connectivity index (χ3v) is 5.48. The molecule has 0 fully saturated rings. The van der Waals surface area contributed by atoms with Crippen LogP contribution in [-0.2, 0) is 4.74 Å². The number of anilines is 4. The van der Waals surface area contributed by atoms with Crippen LogP contribution in [0.4, 0.5) is 22.7 Å². The molecule has 8 heteroatoms. The van der Waals surface area contributed by atoms with Crippen LogP contribution in [0.3, 0.4) is 0 Å². The molecule has 0 atom stereocenters. The fraction of sp³-hybridized carbons (Fsp3) is 0.160. The van der Waals surface area contributed by atoms with Crippen molar-refractivity contribution in [2.24, 2.45) is 0 Å². The van der Waals surface area contributed by atoms with Crippen molar-refractivity contribution in [2.75, 3.05) is 37.0 Å². The van der Waals surface area contributed by atoms with Crippen LogP contribution in [-0.4, -0.2) is 37.7 Å². The number of nitrogen functional groups attached to an aromatic ring is 2. The van der Waals surface area contributed by atoms with Gasteiger partial charge in [-0.15, -0.1) is 0 Å². The van der Waals surface area contributed by atoms with Crippen molar-refractivity contribution in [3.63, 3.8) is 0 Å². The number of carbonyl (C=O) groups excluding carboxylic acids is 3. The van der Waals surface area contributed by atoms with Crippen LogP contribution in [0, 0.1) is 0 Å². The number of rotatable bonds is 7. The average molecular weight is 444 g/mol. The maximum absolute atomic E-state index is 13.4. The Balaban J connectivity index is 1.83. The summed E-state index contributed by atoms with van der Waals surface area (Å²) >= 11 is 0. The van der Waals surface area contributed by atoms with Gasteiger partial charge < -0.3 is 26.8 Å². The summed E-state index contributed by atoms with van der Waals surface area (Å²) in [6.45, 7) is 0.868. The first-order valence-electron chi connectivity index (χ1n) is 10.5. The minimum atomic E-state index is -0.439. The van der Waals surface area contributed by atoms with Crippen LogP contribution in [0.5, 0.6) is 0 Å². The van der Waals surface area contributed by atoms with Gasteiger partial charge in [-0.2, -0.15) is 0 Å². The Hall–Kier alpha value is -4.17. The van der Waals surface area contributed by atoms with Crippen molar-refractivity contribution in [1.29, 1.82) is 0 Å². The minimum absolute atomic E-state index is 0.0232. The zero-order valence-corrected chi connectivity index (χ0v) is 18.1. The van der Waals surface area contributed by atoms with E-state index in [2.05, 4.69) is 10.6 Å². The molecular weight excluding hydrogens is 420 g/mol. The predicted molar refractivity (Wildman–Crippen MR) is 127 cm³/mol. The van der Waals surface area contributed by atoms with E-state index in [0.717, 1.165) is 0 Å². The lowest BCUT2D eigenvalue weighted by Gasteiger charge is -2.24. The zero-order valence-electron chi connectivity index (χ0n) is 18.1. The van der Waals surface area contributed by atoms with E-state index in [4.69, 9.17) is 16.2 Å². The molecule has 0 spiro atoms. The number of nitrogens with two attached hydrogens (primary N) is 2. The van der Waals surface area contributed by atoms with Gasteiger partial charge in [-0.1, -0.05) is 24.3 Å². The number of hydrogen-bond donors (Lipinski definition) is 4. The summed E-state index contributed by atoms with van der Waals surface area (Å²) in [7, 11) is 1.58. The Morgan fingerprint density at radius 3 is 2.21 bits per heavy atom. The summed E-state index contributed by atoms with van der Waals surface area (Å²) in [4.78, 5) is 39.7. The zero-order chi connectivity index (χ0) is 23.5. The molecule has 0 radical (unpaired) electrons. The van der Waals surface area contributed by atoms with Crippen molar-refractivity contribution in [1.82, 2.24) is 5.32 Å². The van der Waals surface area contributed by atoms with Crippen LogP contribution in [0.2, 0.25) is 0 Å². The molecule has 0 unspecified atom stereocenters. The minimum Gasteiger partial charge on any atom is -0.399 e. The van der Waals surface area contributed by atoms with Crippen molar-refractivity contribution in [3.8, 4) is 0 Å². The summed E-state index contributed by atoms with van der Waals surface area (Å²) in [5, 5.41) is 5.94. The van der Waals surface area contributed by atoms with Crippen molar-refractivity contribution in [3.05, 3.63) is 82.4 Å². The van der Waals surface area contributed by atoms with E-state index < -0.39 is 11.7 Å². The smallest absolute Gasteiger partial charge is 0.253 e. The first-order chi connectivity index (χ1) is 15.9. The number of amides is 1. The van der Waals surface area contributed by atoms with Crippen molar-refractivity contribution < 1.29 is 19.1 Å². The second-order valence-electron chi connectivity index (χ2n) is 7.69. The number of benzene rings is 3. The number of nitrogens with one attached hydrogen (secondary N) is 2. The van der Waals surface area contributed by atoms with Gasteiger partial charge in [0, 0.05) is 42.8 Å². The highest BCUT2D eigenvalue weighted by atomic mass is 16.5. The quantitative estimate of drug-likeness (QED) is 0.254. The summed E-state index contributed by atoms with van der Waals surface area (Å²) in [6.07, 6.45) is 0.619. The van der Waals surface area contributed by atoms with Crippen LogP contribution in [0.25, 0.3) is 0 Å². The van der Waals surface area contributed by atoms with Gasteiger partial charge >= 0.3 is 0 Å². The van der Waals surface area contributed by atoms with Gasteiger partial charge in [-0.05, 0) is 36.8 Å². The van der Waals surface area contributed by atoms with E-state index in [0.29, 0.717) is 42.2 Å². The lowest BCUT2D eigenvalue weighted by molar-refractivity contribution is 0.0947. The van der Waals surface area contributed by atoms with Gasteiger partial charge in [-0.25, -0.2) is 0 Å². The van der Waals surface area contributed by atoms with Crippen LogP contribution in [0.1, 0.15) is 48.6 Å². The highest BCUT2D eigenvalue weighted by Crippen LogP contribution is 2.38. The number of carbonyl (C=O) groups is 3. The van der Waals surface area contributed by atoms with Gasteiger partial charge in [0.1, 0.15) is 0 Å². The van der Waals surface area contributed by atoms with Crippen molar-refractivity contribution >= 4 is 40.2 Å². The van der Waals surface area contributed by atoms with Gasteiger partial charge in [0.2, 0.25) is 0 Å². The monoisotopic (exact) mass is 444 g/mol. The van der Waals surface area contributed by atoms with Gasteiger partial charge in [0.15, 0.2) is 11.6 Å². The molecule has 168 valence electrons. The molecule has 0 heterocycles. The summed E-state index contributed by atoms with van der Waals surface area (Å²) in [6, 6.07) is 15.0. The van der Waals surface area contributed by atoms with Crippen LogP contribution < -0.4 is 22.1 Å². The molecule has 0 aromatic heterocycles. The first-order valence-corrected chi connectivity index (χ1v) is 10.5. The Morgan fingerprint density at radius 1 is 0.939 bits per heavy atom. The number of fused-ring (bicyclic) bond motifs is 2. The number of methoxy groups -OCH3 is 1. The molecule has 1 aliphatic carbocycles. The third-order valence-electron chi connectivity index (χ3n) is 5.48. The van der Waals surface area contributed by atoms with Crippen LogP contribution in [0.15, 0.2) is 54.6 Å². The molecule has 3 aromatic carbocycles. The van der Waals surface area contributed by atoms with E-state index in [1.165, 1.54) is 6.07 Å². The topological polar surface area (TPSA) is 137 Å². The molecule has 0 aliphatic heterocycles. The number of ketones is 2. The summed E-state index contributed by atoms with van der Waals surface area (Å²) in [5.74, 6) is -1.17. The summed E-state index contributed by atoms with van der Waals surface area (Å²) in [5.41, 5.74) is 14.5. The molecule has 1 amide bonds. The van der Waals surface area contributed by atoms with Gasteiger partial charge in [0.05, 0.1) is 28.1 Å². The standard InChI is InChI=1S/C25H24N4O4/c1-33-12-4-11-28-25(32)18-13-19(29-15-9-7-14(26)8-10-15)20-21(22(18)27)24(31)17-6-3-2-5-16(17)23(20)30/h2-3,5-10,13,29H,4,11-12,26-27H2,1H3,(H,28,32). The maximum Gasteiger partial charge on any atom is 0.253 e. The van der Waals surface area contributed by atoms with E-state index in [9.17, 15) is 14.4 Å². The van der Waals surface area contributed by atoms with Gasteiger partial charge in [0.25, 0.3) is 5.91 Å². The molecular formula is C25H24N4O4. The average Bonchev–Trinajstić information content (AvgIpc) is 2.82. The lowest BCUT2D eigenvalue weighted by atomic mass is 9.81. The van der Waals surface area contributed by atoms with E-state index in [1.54, 1.807) is 55.6 Å². The molecule has 0 saturated heterocycles. The second-order valence-corrected chi connectivity index (χ2v) is 7.69. The van der Waals surface area contributed by atoms with Crippen LogP contribution >= 0.6 is 0 Å². The molecule has 4 rings (SSSR count). The Morgan fingerprint density at radius 2 is 1.58 bits per heavy atom. The van der Waals surface area contributed by atoms with E-state index in [-0.39, 0.29) is 33.7 Å². The molecule has 0 saturated carbocycles. The number of ether oxygens (including phenoxy) is 1. The van der Waals surface area contributed by atoms with E-state index in [1.807, 2.05) is 0 Å². The Labute approximate surface area is 190 Å². The highest BCUT2D eigenvalue weighted by Gasteiger charge is 2.35. The number of hydrogen-bond acceptors (Lipinski definition) is 7. The Kier molecular flexibility index (Phi) is 6.10. The Bertz CT molecular complexity index is 1250. The summed E-state index contributed by atoms with van der Waals surface area (Å²) < 4.78 is 5.00.